The molecule has 1 fully saturated rings. The highest BCUT2D eigenvalue weighted by Gasteiger charge is 2.37. The van der Waals surface area contributed by atoms with Crippen LogP contribution >= 0.6 is 0 Å². The van der Waals surface area contributed by atoms with Crippen LogP contribution in [0.4, 0.5) is 0 Å². The summed E-state index contributed by atoms with van der Waals surface area (Å²) in [7, 11) is -3.71. The van der Waals surface area contributed by atoms with Crippen LogP contribution in [-0.2, 0) is 15.0 Å². The van der Waals surface area contributed by atoms with E-state index in [1.54, 1.807) is 0 Å². The summed E-state index contributed by atoms with van der Waals surface area (Å²) in [6, 6.07) is -1.04. The minimum Gasteiger partial charge on any atom is -0.480 e. The van der Waals surface area contributed by atoms with E-state index < -0.39 is 22.2 Å². The van der Waals surface area contributed by atoms with Crippen LogP contribution in [0.3, 0.4) is 0 Å². The Labute approximate surface area is 115 Å². The molecule has 7 heteroatoms. The minimum atomic E-state index is -3.71. The lowest BCUT2D eigenvalue weighted by Crippen LogP contribution is -2.53. The van der Waals surface area contributed by atoms with Crippen LogP contribution in [0.5, 0.6) is 0 Å². The number of aliphatic carboxylic acids is 1. The Morgan fingerprint density at radius 2 is 2.11 bits per heavy atom. The molecule has 1 aliphatic heterocycles. The maximum atomic E-state index is 12.3. The van der Waals surface area contributed by atoms with Gasteiger partial charge in [-0.2, -0.15) is 17.4 Å². The van der Waals surface area contributed by atoms with Gasteiger partial charge in [-0.15, -0.1) is 0 Å². The zero-order valence-electron chi connectivity index (χ0n) is 11.6. The van der Waals surface area contributed by atoms with E-state index in [-0.39, 0.29) is 12.6 Å². The predicted molar refractivity (Wildman–Crippen MR) is 73.0 cm³/mol. The average Bonchev–Trinajstić information content (AvgIpc) is 2.38. The van der Waals surface area contributed by atoms with Gasteiger partial charge in [-0.3, -0.25) is 4.79 Å². The number of nitrogens with one attached hydrogen (secondary N) is 1. The molecule has 112 valence electrons. The van der Waals surface area contributed by atoms with Gasteiger partial charge in [0.1, 0.15) is 6.04 Å². The fourth-order valence-electron chi connectivity index (χ4n) is 2.41. The van der Waals surface area contributed by atoms with Crippen LogP contribution in [-0.4, -0.2) is 42.4 Å². The lowest BCUT2D eigenvalue weighted by Gasteiger charge is -2.33. The van der Waals surface area contributed by atoms with Crippen molar-refractivity contribution < 1.29 is 18.3 Å². The minimum absolute atomic E-state index is 0.119. The van der Waals surface area contributed by atoms with Crippen LogP contribution < -0.4 is 4.72 Å². The SMILES string of the molecule is CCCC(CC)NS(=O)(=O)N1CCCCC1C(=O)O. The highest BCUT2D eigenvalue weighted by atomic mass is 32.2. The molecule has 1 heterocycles. The molecule has 1 saturated heterocycles. The van der Waals surface area contributed by atoms with Gasteiger partial charge in [-0.05, 0) is 32.1 Å². The number of carbonyl (C=O) groups is 1. The normalized spacial score (nSPS) is 23.2. The van der Waals surface area contributed by atoms with Crippen LogP contribution in [0.25, 0.3) is 0 Å². The number of hydrogen-bond acceptors (Lipinski definition) is 3. The van der Waals surface area contributed by atoms with E-state index in [1.165, 1.54) is 0 Å². The van der Waals surface area contributed by atoms with E-state index in [1.807, 2.05) is 13.8 Å². The Bertz CT molecular complexity index is 397. The average molecular weight is 292 g/mol. The second-order valence-corrected chi connectivity index (χ2v) is 6.63. The second-order valence-electron chi connectivity index (χ2n) is 4.98. The first-order valence-corrected chi connectivity index (χ1v) is 8.38. The molecule has 0 radical (unpaired) electrons. The molecule has 0 bridgehead atoms. The van der Waals surface area contributed by atoms with E-state index in [4.69, 9.17) is 5.11 Å². The summed E-state index contributed by atoms with van der Waals surface area (Å²) in [5, 5.41) is 9.13. The van der Waals surface area contributed by atoms with Crippen molar-refractivity contribution in [1.82, 2.24) is 9.03 Å². The number of hydrogen-bond donors (Lipinski definition) is 2. The molecule has 0 saturated carbocycles. The molecule has 0 amide bonds. The Morgan fingerprint density at radius 1 is 1.42 bits per heavy atom. The van der Waals surface area contributed by atoms with E-state index in [0.717, 1.165) is 30.0 Å². The molecule has 0 aromatic carbocycles. The molecule has 19 heavy (non-hydrogen) atoms. The van der Waals surface area contributed by atoms with Crippen LogP contribution in [0.2, 0.25) is 0 Å². The van der Waals surface area contributed by atoms with Crippen molar-refractivity contribution in [1.29, 1.82) is 0 Å². The number of carboxylic acid groups (broad SMARTS) is 1. The fraction of sp³-hybridized carbons (Fsp3) is 0.917. The standard InChI is InChI=1S/C12H24N2O4S/c1-3-7-10(4-2)13-19(17,18)14-9-6-5-8-11(14)12(15)16/h10-11,13H,3-9H2,1-2H3,(H,15,16). The number of piperidine rings is 1. The Balaban J connectivity index is 2.81. The van der Waals surface area contributed by atoms with Crippen molar-refractivity contribution >= 4 is 16.2 Å². The van der Waals surface area contributed by atoms with Gasteiger partial charge < -0.3 is 5.11 Å². The molecule has 0 aliphatic carbocycles. The zero-order chi connectivity index (χ0) is 14.5. The summed E-state index contributed by atoms with van der Waals surface area (Å²) in [6.07, 6.45) is 4.23. The van der Waals surface area contributed by atoms with Gasteiger partial charge in [0.2, 0.25) is 0 Å². The first-order valence-electron chi connectivity index (χ1n) is 6.94. The third-order valence-electron chi connectivity index (χ3n) is 3.49. The fourth-order valence-corrected chi connectivity index (χ4v) is 4.15. The van der Waals surface area contributed by atoms with E-state index in [9.17, 15) is 13.2 Å². The van der Waals surface area contributed by atoms with Crippen molar-refractivity contribution in [3.8, 4) is 0 Å². The number of rotatable bonds is 7. The summed E-state index contributed by atoms with van der Waals surface area (Å²) in [6.45, 7) is 4.21. The molecule has 1 aliphatic rings. The van der Waals surface area contributed by atoms with Crippen molar-refractivity contribution in [2.24, 2.45) is 0 Å². The van der Waals surface area contributed by atoms with Crippen molar-refractivity contribution in [3.63, 3.8) is 0 Å². The van der Waals surface area contributed by atoms with Gasteiger partial charge in [0.05, 0.1) is 0 Å². The third-order valence-corrected chi connectivity index (χ3v) is 5.18. The number of nitrogens with zero attached hydrogens (tertiary/aromatic N) is 1. The molecule has 2 unspecified atom stereocenters. The third kappa shape index (κ3) is 4.43. The van der Waals surface area contributed by atoms with Crippen LogP contribution in [0, 0.1) is 0 Å². The Kier molecular flexibility index (Phi) is 6.22. The van der Waals surface area contributed by atoms with E-state index >= 15 is 0 Å². The Hall–Kier alpha value is -0.660. The topological polar surface area (TPSA) is 86.7 Å². The Morgan fingerprint density at radius 3 is 2.63 bits per heavy atom. The maximum Gasteiger partial charge on any atom is 0.322 e. The molecule has 1 rings (SSSR count). The summed E-state index contributed by atoms with van der Waals surface area (Å²) >= 11 is 0. The summed E-state index contributed by atoms with van der Waals surface area (Å²) in [4.78, 5) is 11.2. The summed E-state index contributed by atoms with van der Waals surface area (Å²) in [5.41, 5.74) is 0. The van der Waals surface area contributed by atoms with Gasteiger partial charge in [0, 0.05) is 12.6 Å². The lowest BCUT2D eigenvalue weighted by molar-refractivity contribution is -0.142. The highest BCUT2D eigenvalue weighted by Crippen LogP contribution is 2.20. The van der Waals surface area contributed by atoms with E-state index in [0.29, 0.717) is 12.8 Å². The van der Waals surface area contributed by atoms with E-state index in [2.05, 4.69) is 4.72 Å². The smallest absolute Gasteiger partial charge is 0.322 e. The molecule has 0 aromatic rings. The monoisotopic (exact) mass is 292 g/mol. The van der Waals surface area contributed by atoms with Gasteiger partial charge in [0.25, 0.3) is 10.2 Å². The van der Waals surface area contributed by atoms with Gasteiger partial charge >= 0.3 is 5.97 Å². The molecule has 2 atom stereocenters. The summed E-state index contributed by atoms with van der Waals surface area (Å²) < 4.78 is 28.3. The van der Waals surface area contributed by atoms with Crippen molar-refractivity contribution in [2.45, 2.75) is 64.5 Å². The van der Waals surface area contributed by atoms with Crippen LogP contribution in [0.15, 0.2) is 0 Å². The van der Waals surface area contributed by atoms with Gasteiger partial charge in [-0.1, -0.05) is 20.3 Å². The highest BCUT2D eigenvalue weighted by molar-refractivity contribution is 7.87. The van der Waals surface area contributed by atoms with Crippen molar-refractivity contribution in [3.05, 3.63) is 0 Å². The largest absolute Gasteiger partial charge is 0.480 e. The molecular formula is C12H24N2O4S. The van der Waals surface area contributed by atoms with Crippen molar-refractivity contribution in [2.75, 3.05) is 6.54 Å². The molecule has 0 aromatic heterocycles. The first-order chi connectivity index (χ1) is 8.92. The van der Waals surface area contributed by atoms with Gasteiger partial charge in [-0.25, -0.2) is 0 Å². The maximum absolute atomic E-state index is 12.3. The zero-order valence-corrected chi connectivity index (χ0v) is 12.4. The lowest BCUT2D eigenvalue weighted by atomic mass is 10.1. The molecular weight excluding hydrogens is 268 g/mol. The first kappa shape index (κ1) is 16.4. The molecule has 2 N–H and O–H groups in total. The van der Waals surface area contributed by atoms with Gasteiger partial charge in [0.15, 0.2) is 0 Å². The summed E-state index contributed by atoms with van der Waals surface area (Å²) in [5.74, 6) is -1.06. The quantitative estimate of drug-likeness (QED) is 0.741. The molecule has 0 spiro atoms. The second kappa shape index (κ2) is 7.21. The molecule has 6 nitrogen and oxygen atoms in total. The number of carboxylic acids is 1. The van der Waals surface area contributed by atoms with Crippen LogP contribution in [0.1, 0.15) is 52.4 Å². The predicted octanol–water partition coefficient (Wildman–Crippen LogP) is 1.34.